The predicted octanol–water partition coefficient (Wildman–Crippen LogP) is 11.4. The molecule has 50 heavy (non-hydrogen) atoms. The van der Waals surface area contributed by atoms with Gasteiger partial charge < -0.3 is 20.8 Å². The summed E-state index contributed by atoms with van der Waals surface area (Å²) in [7, 11) is 0. The Bertz CT molecular complexity index is 850. The molecule has 0 heterocycles. The lowest BCUT2D eigenvalue weighted by Gasteiger charge is -2.15. The summed E-state index contributed by atoms with van der Waals surface area (Å²) in [5, 5.41) is 26.5. The van der Waals surface area contributed by atoms with Gasteiger partial charge in [0.2, 0.25) is 11.8 Å². The molecule has 2 unspecified atom stereocenters. The van der Waals surface area contributed by atoms with Crippen LogP contribution in [0.25, 0.3) is 0 Å². The fraction of sp³-hybridized carbons (Fsp3) is 0.818. The van der Waals surface area contributed by atoms with E-state index in [1.54, 1.807) is 0 Å². The van der Waals surface area contributed by atoms with E-state index >= 15 is 0 Å². The van der Waals surface area contributed by atoms with Crippen LogP contribution in [0.5, 0.6) is 0 Å². The fourth-order valence-electron chi connectivity index (χ4n) is 6.83. The van der Waals surface area contributed by atoms with Crippen LogP contribution in [-0.2, 0) is 22.7 Å². The Morgan fingerprint density at radius 1 is 0.440 bits per heavy atom. The quantitative estimate of drug-likeness (QED) is 0.0524. The molecular weight excluding hydrogens is 620 g/mol. The van der Waals surface area contributed by atoms with E-state index < -0.39 is 12.2 Å². The van der Waals surface area contributed by atoms with Gasteiger partial charge in [0.15, 0.2) is 0 Å². The van der Waals surface area contributed by atoms with E-state index in [0.29, 0.717) is 25.9 Å². The van der Waals surface area contributed by atoms with Crippen LogP contribution in [0.4, 0.5) is 0 Å². The average Bonchev–Trinajstić information content (AvgIpc) is 3.13. The molecule has 0 fully saturated rings. The number of carbonyl (C=O) groups is 2. The van der Waals surface area contributed by atoms with E-state index in [2.05, 4.69) is 24.5 Å². The second-order valence-electron chi connectivity index (χ2n) is 15.0. The Hall–Kier alpha value is -1.92. The first-order valence-electron chi connectivity index (χ1n) is 21.5. The maximum Gasteiger partial charge on any atom is 0.249 e. The van der Waals surface area contributed by atoms with Gasteiger partial charge in [-0.3, -0.25) is 9.59 Å². The minimum absolute atomic E-state index is 0.294. The zero-order valence-corrected chi connectivity index (χ0v) is 32.8. The molecule has 2 amide bonds. The molecule has 0 aliphatic heterocycles. The van der Waals surface area contributed by atoms with Crippen LogP contribution in [0, 0.1) is 0 Å². The van der Waals surface area contributed by atoms with Crippen molar-refractivity contribution in [2.24, 2.45) is 0 Å². The highest BCUT2D eigenvalue weighted by atomic mass is 16.3. The van der Waals surface area contributed by atoms with E-state index in [4.69, 9.17) is 0 Å². The summed E-state index contributed by atoms with van der Waals surface area (Å²) in [6.07, 6.45) is 34.8. The van der Waals surface area contributed by atoms with Crippen molar-refractivity contribution in [1.82, 2.24) is 10.6 Å². The van der Waals surface area contributed by atoms with Crippen molar-refractivity contribution in [1.29, 1.82) is 0 Å². The Balaban J connectivity index is 2.10. The van der Waals surface area contributed by atoms with Crippen LogP contribution < -0.4 is 10.6 Å². The largest absolute Gasteiger partial charge is 0.383 e. The highest BCUT2D eigenvalue weighted by Gasteiger charge is 2.17. The van der Waals surface area contributed by atoms with Crippen LogP contribution >= 0.6 is 0 Å². The molecule has 0 saturated carbocycles. The van der Waals surface area contributed by atoms with E-state index in [-0.39, 0.29) is 11.8 Å². The third-order valence-corrected chi connectivity index (χ3v) is 10.3. The van der Waals surface area contributed by atoms with E-state index in [1.165, 1.54) is 154 Å². The number of nitrogens with one attached hydrogen (secondary N) is 2. The van der Waals surface area contributed by atoms with Gasteiger partial charge in [-0.15, -0.1) is 0 Å². The van der Waals surface area contributed by atoms with Gasteiger partial charge in [0, 0.05) is 13.1 Å². The predicted molar refractivity (Wildman–Crippen MR) is 212 cm³/mol. The van der Waals surface area contributed by atoms with Crippen molar-refractivity contribution in [3.05, 3.63) is 35.4 Å². The summed E-state index contributed by atoms with van der Waals surface area (Å²) in [5.74, 6) is -0.691. The second-order valence-corrected chi connectivity index (χ2v) is 15.0. The maximum absolute atomic E-state index is 12.6. The molecule has 1 aromatic rings. The molecule has 0 bridgehead atoms. The molecule has 0 spiro atoms. The number of amides is 2. The first-order chi connectivity index (χ1) is 24.5. The first kappa shape index (κ1) is 46.1. The van der Waals surface area contributed by atoms with Crippen LogP contribution in [0.2, 0.25) is 0 Å². The van der Waals surface area contributed by atoms with Gasteiger partial charge in [-0.2, -0.15) is 0 Å². The maximum atomic E-state index is 12.6. The van der Waals surface area contributed by atoms with Crippen molar-refractivity contribution < 1.29 is 19.8 Å². The molecule has 0 saturated heterocycles. The minimum atomic E-state index is -0.996. The Labute approximate surface area is 308 Å². The lowest BCUT2D eigenvalue weighted by Crippen LogP contribution is -2.35. The van der Waals surface area contributed by atoms with Crippen molar-refractivity contribution in [2.45, 2.75) is 232 Å². The molecule has 0 radical (unpaired) electrons. The van der Waals surface area contributed by atoms with Gasteiger partial charge in [0.05, 0.1) is 0 Å². The number of hydrogen-bond donors (Lipinski definition) is 4. The molecular formula is C44H80N2O4. The third kappa shape index (κ3) is 26.8. The summed E-state index contributed by atoms with van der Waals surface area (Å²) in [6, 6.07) is 7.66. The normalized spacial score (nSPS) is 12.6. The second kappa shape index (κ2) is 34.2. The number of carbonyl (C=O) groups excluding carboxylic acids is 2. The number of rotatable bonds is 36. The van der Waals surface area contributed by atoms with Crippen molar-refractivity contribution in [3.63, 3.8) is 0 Å². The van der Waals surface area contributed by atoms with Crippen molar-refractivity contribution in [2.75, 3.05) is 0 Å². The Kier molecular flexibility index (Phi) is 31.5. The number of aliphatic hydroxyl groups excluding tert-OH is 2. The van der Waals surface area contributed by atoms with E-state index in [9.17, 15) is 19.8 Å². The lowest BCUT2D eigenvalue weighted by atomic mass is 10.0. The monoisotopic (exact) mass is 701 g/mol. The van der Waals surface area contributed by atoms with Gasteiger partial charge in [-0.05, 0) is 24.0 Å². The number of unbranched alkanes of at least 4 members (excludes halogenated alkanes) is 26. The van der Waals surface area contributed by atoms with E-state index in [0.717, 1.165) is 36.8 Å². The number of hydrogen-bond acceptors (Lipinski definition) is 4. The van der Waals surface area contributed by atoms with Crippen LogP contribution in [0.15, 0.2) is 24.3 Å². The molecule has 4 N–H and O–H groups in total. The fourth-order valence-corrected chi connectivity index (χ4v) is 6.83. The first-order valence-corrected chi connectivity index (χ1v) is 21.5. The molecule has 2 atom stereocenters. The molecule has 0 aliphatic rings. The minimum Gasteiger partial charge on any atom is -0.383 e. The molecule has 6 heteroatoms. The molecule has 1 rings (SSSR count). The van der Waals surface area contributed by atoms with Gasteiger partial charge in [0.25, 0.3) is 0 Å². The van der Waals surface area contributed by atoms with Gasteiger partial charge in [-0.1, -0.05) is 218 Å². The molecule has 1 aromatic carbocycles. The summed E-state index contributed by atoms with van der Waals surface area (Å²) in [4.78, 5) is 25.1. The molecule has 290 valence electrons. The van der Waals surface area contributed by atoms with Gasteiger partial charge >= 0.3 is 0 Å². The highest BCUT2D eigenvalue weighted by Crippen LogP contribution is 2.16. The standard InChI is InChI=1S/C44H80N2O4/c1-3-5-7-9-11-13-15-17-19-21-23-25-27-29-35-41(47)43(49)45-37-39-33-31-32-34-40(39)38-46-44(50)42(48)36-30-28-26-24-22-20-18-16-14-12-10-8-6-4-2/h31-34,41-42,47-48H,3-30,35-38H2,1-2H3,(H,45,49)(H,46,50). The zero-order valence-electron chi connectivity index (χ0n) is 32.8. The summed E-state index contributed by atoms with van der Waals surface area (Å²) < 4.78 is 0. The zero-order chi connectivity index (χ0) is 36.3. The van der Waals surface area contributed by atoms with Crippen LogP contribution in [-0.4, -0.2) is 34.2 Å². The van der Waals surface area contributed by atoms with E-state index in [1.807, 2.05) is 24.3 Å². The summed E-state index contributed by atoms with van der Waals surface area (Å²) in [6.45, 7) is 5.12. The van der Waals surface area contributed by atoms with Crippen LogP contribution in [0.3, 0.4) is 0 Å². The molecule has 0 aliphatic carbocycles. The molecule has 6 nitrogen and oxygen atoms in total. The van der Waals surface area contributed by atoms with Crippen molar-refractivity contribution in [3.8, 4) is 0 Å². The highest BCUT2D eigenvalue weighted by molar-refractivity contribution is 5.81. The summed E-state index contributed by atoms with van der Waals surface area (Å²) >= 11 is 0. The Morgan fingerprint density at radius 3 is 0.940 bits per heavy atom. The third-order valence-electron chi connectivity index (χ3n) is 10.3. The molecule has 0 aromatic heterocycles. The number of benzene rings is 1. The SMILES string of the molecule is CCCCCCCCCCCCCCCCC(O)C(=O)NCc1ccccc1CNC(=O)C(O)CCCCCCCCCCCCCCCC. The summed E-state index contributed by atoms with van der Waals surface area (Å²) in [5.41, 5.74) is 1.79. The lowest BCUT2D eigenvalue weighted by molar-refractivity contribution is -0.130. The Morgan fingerprint density at radius 2 is 0.680 bits per heavy atom. The van der Waals surface area contributed by atoms with Gasteiger partial charge in [-0.25, -0.2) is 0 Å². The number of aliphatic hydroxyl groups is 2. The van der Waals surface area contributed by atoms with Gasteiger partial charge in [0.1, 0.15) is 12.2 Å². The topological polar surface area (TPSA) is 98.7 Å². The smallest absolute Gasteiger partial charge is 0.249 e. The average molecular weight is 701 g/mol. The van der Waals surface area contributed by atoms with Crippen LogP contribution in [0.1, 0.15) is 218 Å². The van der Waals surface area contributed by atoms with Crippen molar-refractivity contribution >= 4 is 11.8 Å².